The molecule has 5 rings (SSSR count). The van der Waals surface area contributed by atoms with E-state index in [0.717, 1.165) is 45.6 Å². The number of carbonyl (C=O) groups is 2. The Morgan fingerprint density at radius 3 is 2.27 bits per heavy atom. The summed E-state index contributed by atoms with van der Waals surface area (Å²) in [7, 11) is 0. The van der Waals surface area contributed by atoms with Crippen molar-refractivity contribution >= 4 is 76.4 Å². The summed E-state index contributed by atoms with van der Waals surface area (Å²) in [6.07, 6.45) is 0.532. The average Bonchev–Trinajstić information content (AvgIpc) is 3.06. The minimum Gasteiger partial charge on any atom is -0.493 e. The zero-order chi connectivity index (χ0) is 36.4. The van der Waals surface area contributed by atoms with Crippen LogP contribution in [0.15, 0.2) is 66.2 Å². The zero-order valence-electron chi connectivity index (χ0n) is 29.8. The minimum atomic E-state index is -1.86. The second-order valence-corrected chi connectivity index (χ2v) is 16.3. The van der Waals surface area contributed by atoms with Gasteiger partial charge in [-0.05, 0) is 93.0 Å². The molecule has 1 fully saturated rings. The molecule has 7 nitrogen and oxygen atoms in total. The monoisotopic (exact) mass is 795 g/mol. The maximum Gasteiger partial charge on any atom is 0.411 e. The number of benzene rings is 3. The van der Waals surface area contributed by atoms with Crippen LogP contribution in [0.1, 0.15) is 60.6 Å². The number of likely N-dealkylation sites (N-methyl/N-ethyl adjacent to an activating group) is 1. The van der Waals surface area contributed by atoms with Gasteiger partial charge in [0, 0.05) is 43.2 Å². The Morgan fingerprint density at radius 2 is 1.63 bits per heavy atom. The van der Waals surface area contributed by atoms with Crippen LogP contribution >= 0.6 is 58.8 Å². The molecular formula is C39H46Cl5N3O4. The first-order chi connectivity index (χ1) is 23.6. The Bertz CT molecular complexity index is 1760. The molecule has 0 spiro atoms. The van der Waals surface area contributed by atoms with Gasteiger partial charge in [0.15, 0.2) is 5.60 Å². The summed E-state index contributed by atoms with van der Waals surface area (Å²) in [4.78, 5) is 32.0. The van der Waals surface area contributed by atoms with E-state index in [9.17, 15) is 9.59 Å². The molecule has 3 aromatic rings. The third-order valence-electron chi connectivity index (χ3n) is 9.81. The van der Waals surface area contributed by atoms with Crippen LogP contribution in [0, 0.1) is 20.8 Å². The van der Waals surface area contributed by atoms with Crippen LogP contribution in [0.3, 0.4) is 0 Å². The summed E-state index contributed by atoms with van der Waals surface area (Å²) in [5.41, 5.74) is 6.40. The normalized spacial score (nSPS) is 17.5. The van der Waals surface area contributed by atoms with Gasteiger partial charge in [-0.2, -0.15) is 0 Å². The van der Waals surface area contributed by atoms with Gasteiger partial charge in [0.05, 0.1) is 18.7 Å². The topological polar surface area (TPSA) is 71.1 Å². The van der Waals surface area contributed by atoms with Crippen molar-refractivity contribution in [2.24, 2.45) is 0 Å². The molecule has 51 heavy (non-hydrogen) atoms. The van der Waals surface area contributed by atoms with E-state index in [1.165, 1.54) is 5.56 Å². The Labute approximate surface area is 327 Å². The second-order valence-electron chi connectivity index (χ2n) is 13.6. The molecule has 276 valence electrons. The molecule has 0 aliphatic carbocycles. The summed E-state index contributed by atoms with van der Waals surface area (Å²) < 4.78 is 10.2. The van der Waals surface area contributed by atoms with Gasteiger partial charge < -0.3 is 19.7 Å². The zero-order valence-corrected chi connectivity index (χ0v) is 33.7. The molecule has 2 amide bonds. The fraction of sp³-hybridized carbons (Fsp3) is 0.436. The summed E-state index contributed by atoms with van der Waals surface area (Å²) in [6.45, 7) is 13.5. The molecule has 0 radical (unpaired) electrons. The van der Waals surface area contributed by atoms with Crippen molar-refractivity contribution in [3.8, 4) is 5.75 Å². The molecule has 3 aromatic carbocycles. The van der Waals surface area contributed by atoms with E-state index >= 15 is 0 Å². The highest BCUT2D eigenvalue weighted by atomic mass is 35.6. The maximum atomic E-state index is 14.7. The molecular weight excluding hydrogens is 752 g/mol. The fourth-order valence-corrected chi connectivity index (χ4v) is 6.88. The number of aryl methyl sites for hydroxylation is 2. The highest BCUT2D eigenvalue weighted by Crippen LogP contribution is 2.43. The minimum absolute atomic E-state index is 0. The van der Waals surface area contributed by atoms with Crippen LogP contribution < -0.4 is 10.1 Å². The molecule has 0 aromatic heterocycles. The van der Waals surface area contributed by atoms with Gasteiger partial charge in [-0.3, -0.25) is 9.69 Å². The van der Waals surface area contributed by atoms with Crippen molar-refractivity contribution in [2.75, 3.05) is 26.2 Å². The van der Waals surface area contributed by atoms with E-state index in [2.05, 4.69) is 62.5 Å². The highest BCUT2D eigenvalue weighted by Gasteiger charge is 2.50. The third-order valence-corrected chi connectivity index (χ3v) is 11.5. The van der Waals surface area contributed by atoms with Crippen LogP contribution in [0.4, 0.5) is 4.79 Å². The predicted octanol–water partition coefficient (Wildman–Crippen LogP) is 9.44. The molecule has 1 N–H and O–H groups in total. The summed E-state index contributed by atoms with van der Waals surface area (Å²) in [5, 5.41) is 4.01. The van der Waals surface area contributed by atoms with Crippen LogP contribution in [0.2, 0.25) is 5.02 Å². The molecule has 2 aliphatic rings. The maximum absolute atomic E-state index is 14.7. The second kappa shape index (κ2) is 17.0. The largest absolute Gasteiger partial charge is 0.493 e. The Balaban J connectivity index is 0.00000583. The quantitative estimate of drug-likeness (QED) is 0.207. The number of piperazine rings is 1. The lowest BCUT2D eigenvalue weighted by molar-refractivity contribution is -0.128. The Morgan fingerprint density at radius 1 is 0.961 bits per heavy atom. The number of fused-ring (bicyclic) bond motifs is 2. The summed E-state index contributed by atoms with van der Waals surface area (Å²) in [5.74, 6) is 0.768. The molecule has 1 unspecified atom stereocenters. The number of hydrogen-bond donors (Lipinski definition) is 1. The standard InChI is InChI=1S/C39H45Cl4N3O4.ClH/c1-7-45(23-29-10-8-9-11-32(29)40)36(47)34-31(20-30-21-44-22-33(34)46(30)37(48)50-38(5,6)39(41,42)43)28-16-14-27(15-17-28)18-19-49-35-25(3)13-12-24(2)26(35)4;/h8-17,30,33,44H,7,18-23H2,1-6H3;1H/t30?,33-;/m1./s1. The van der Waals surface area contributed by atoms with Crippen LogP contribution in [-0.4, -0.2) is 69.5 Å². The van der Waals surface area contributed by atoms with Gasteiger partial charge in [-0.15, -0.1) is 12.4 Å². The van der Waals surface area contributed by atoms with Gasteiger partial charge in [0.2, 0.25) is 3.79 Å². The van der Waals surface area contributed by atoms with E-state index in [1.807, 2.05) is 31.2 Å². The van der Waals surface area contributed by atoms with E-state index in [1.54, 1.807) is 23.6 Å². The van der Waals surface area contributed by atoms with E-state index in [4.69, 9.17) is 55.9 Å². The van der Waals surface area contributed by atoms with Gasteiger partial charge >= 0.3 is 6.09 Å². The summed E-state index contributed by atoms with van der Waals surface area (Å²) in [6, 6.07) is 19.1. The number of halogens is 5. The number of amides is 2. The number of rotatable bonds is 10. The molecule has 2 bridgehead atoms. The van der Waals surface area contributed by atoms with E-state index in [-0.39, 0.29) is 24.4 Å². The number of hydrogen-bond acceptors (Lipinski definition) is 5. The Kier molecular flexibility index (Phi) is 13.7. The smallest absolute Gasteiger partial charge is 0.411 e. The van der Waals surface area contributed by atoms with Crippen molar-refractivity contribution in [1.29, 1.82) is 0 Å². The van der Waals surface area contributed by atoms with Crippen LogP contribution in [0.5, 0.6) is 5.75 Å². The SMILES string of the molecule is CCN(Cc1ccccc1Cl)C(=O)C1=C(c2ccc(CCOc3c(C)ccc(C)c3C)cc2)CC2CNC[C@H]1N2C(=O)OC(C)(C)C(Cl)(Cl)Cl.Cl. The number of ether oxygens (including phenoxy) is 2. The van der Waals surface area contributed by atoms with Crippen molar-refractivity contribution in [1.82, 2.24) is 15.1 Å². The van der Waals surface area contributed by atoms with Crippen molar-refractivity contribution in [2.45, 2.75) is 82.4 Å². The number of carbonyl (C=O) groups excluding carboxylic acids is 2. The van der Waals surface area contributed by atoms with Gasteiger partial charge in [0.1, 0.15) is 5.75 Å². The predicted molar refractivity (Wildman–Crippen MR) is 211 cm³/mol. The van der Waals surface area contributed by atoms with Crippen molar-refractivity contribution in [3.05, 3.63) is 105 Å². The Hall–Kier alpha value is -2.65. The third kappa shape index (κ3) is 9.12. The highest BCUT2D eigenvalue weighted by molar-refractivity contribution is 6.68. The van der Waals surface area contributed by atoms with Gasteiger partial charge in [-0.1, -0.05) is 101 Å². The lowest BCUT2D eigenvalue weighted by Gasteiger charge is -2.48. The van der Waals surface area contributed by atoms with Gasteiger partial charge in [-0.25, -0.2) is 4.79 Å². The number of alkyl halides is 3. The molecule has 2 atom stereocenters. The first-order valence-corrected chi connectivity index (χ1v) is 18.5. The lowest BCUT2D eigenvalue weighted by atomic mass is 9.81. The van der Waals surface area contributed by atoms with Crippen LogP contribution in [0.25, 0.3) is 5.57 Å². The average molecular weight is 798 g/mol. The molecule has 0 saturated carbocycles. The fourth-order valence-electron chi connectivity index (χ4n) is 6.57. The first kappa shape index (κ1) is 41.1. The summed E-state index contributed by atoms with van der Waals surface area (Å²) >= 11 is 25.1. The molecule has 12 heteroatoms. The lowest BCUT2D eigenvalue weighted by Crippen LogP contribution is -2.64. The van der Waals surface area contributed by atoms with E-state index < -0.39 is 21.5 Å². The van der Waals surface area contributed by atoms with Crippen LogP contribution in [-0.2, 0) is 22.5 Å². The molecule has 1 saturated heterocycles. The first-order valence-electron chi connectivity index (χ1n) is 17.0. The molecule has 2 heterocycles. The molecule has 2 aliphatic heterocycles. The van der Waals surface area contributed by atoms with Crippen molar-refractivity contribution < 1.29 is 19.1 Å². The van der Waals surface area contributed by atoms with Gasteiger partial charge in [0.25, 0.3) is 5.91 Å². The number of nitrogens with one attached hydrogen (secondary N) is 1. The van der Waals surface area contributed by atoms with Crippen molar-refractivity contribution in [3.63, 3.8) is 0 Å². The van der Waals surface area contributed by atoms with E-state index in [0.29, 0.717) is 49.8 Å². The number of nitrogens with zero attached hydrogens (tertiary/aromatic N) is 2.